The van der Waals surface area contributed by atoms with Crippen molar-refractivity contribution in [3.63, 3.8) is 0 Å². The second-order valence-electron chi connectivity index (χ2n) is 6.78. The third kappa shape index (κ3) is 3.04. The molecule has 4 rings (SSSR count). The lowest BCUT2D eigenvalue weighted by molar-refractivity contribution is -0.140. The van der Waals surface area contributed by atoms with Crippen LogP contribution in [0.3, 0.4) is 0 Å². The van der Waals surface area contributed by atoms with Gasteiger partial charge in [0.2, 0.25) is 0 Å². The second-order valence-corrected chi connectivity index (χ2v) is 6.78. The van der Waals surface area contributed by atoms with E-state index >= 15 is 0 Å². The molecule has 0 aliphatic heterocycles. The van der Waals surface area contributed by atoms with Gasteiger partial charge in [0.1, 0.15) is 11.5 Å². The van der Waals surface area contributed by atoms with Gasteiger partial charge in [-0.15, -0.1) is 0 Å². The Balaban J connectivity index is 1.88. The number of pyridine rings is 1. The number of nitrogens with zero attached hydrogens (tertiary/aromatic N) is 4. The SMILES string of the molecule is Cc1cc2nc(C(F)(F)F)c(-c3cnn(CC4CC4(F)F)c3)c(=O)n2cc1F. The van der Waals surface area contributed by atoms with Gasteiger partial charge < -0.3 is 0 Å². The van der Waals surface area contributed by atoms with E-state index in [2.05, 4.69) is 10.1 Å². The van der Waals surface area contributed by atoms with Crippen LogP contribution in [0.25, 0.3) is 16.8 Å². The third-order valence-electron chi connectivity index (χ3n) is 4.66. The molecule has 0 amide bonds. The highest BCUT2D eigenvalue weighted by Gasteiger charge is 2.56. The predicted molar refractivity (Wildman–Crippen MR) is 85.4 cm³/mol. The quantitative estimate of drug-likeness (QED) is 0.628. The Morgan fingerprint density at radius 1 is 1.29 bits per heavy atom. The van der Waals surface area contributed by atoms with E-state index in [1.54, 1.807) is 0 Å². The van der Waals surface area contributed by atoms with Crippen LogP contribution < -0.4 is 5.56 Å². The maximum Gasteiger partial charge on any atom is 0.434 e. The zero-order chi connectivity index (χ0) is 20.4. The molecule has 1 aliphatic carbocycles. The first-order valence-corrected chi connectivity index (χ1v) is 8.18. The summed E-state index contributed by atoms with van der Waals surface area (Å²) in [5, 5.41) is 3.78. The Morgan fingerprint density at radius 2 is 1.96 bits per heavy atom. The fourth-order valence-corrected chi connectivity index (χ4v) is 3.01. The summed E-state index contributed by atoms with van der Waals surface area (Å²) in [6.07, 6.45) is -2.46. The maximum atomic E-state index is 13.8. The molecule has 148 valence electrons. The number of fused-ring (bicyclic) bond motifs is 1. The van der Waals surface area contributed by atoms with Crippen LogP contribution in [0.4, 0.5) is 26.3 Å². The lowest BCUT2D eigenvalue weighted by Gasteiger charge is -2.13. The molecule has 0 spiro atoms. The van der Waals surface area contributed by atoms with Gasteiger partial charge in [-0.3, -0.25) is 13.9 Å². The average molecular weight is 402 g/mol. The molecule has 1 saturated carbocycles. The predicted octanol–water partition coefficient (Wildman–Crippen LogP) is 3.68. The topological polar surface area (TPSA) is 52.2 Å². The zero-order valence-electron chi connectivity index (χ0n) is 14.3. The number of alkyl halides is 5. The van der Waals surface area contributed by atoms with E-state index in [0.29, 0.717) is 4.40 Å². The molecule has 11 heteroatoms. The fourth-order valence-electron chi connectivity index (χ4n) is 3.01. The van der Waals surface area contributed by atoms with Crippen LogP contribution in [0, 0.1) is 18.7 Å². The highest BCUT2D eigenvalue weighted by atomic mass is 19.4. The van der Waals surface area contributed by atoms with Gasteiger partial charge in [-0.05, 0) is 18.6 Å². The van der Waals surface area contributed by atoms with E-state index in [0.717, 1.165) is 29.3 Å². The van der Waals surface area contributed by atoms with Crippen molar-refractivity contribution in [2.24, 2.45) is 5.92 Å². The summed E-state index contributed by atoms with van der Waals surface area (Å²) in [5.41, 5.74) is -3.95. The normalized spacial score (nSPS) is 18.6. The third-order valence-corrected chi connectivity index (χ3v) is 4.66. The smallest absolute Gasteiger partial charge is 0.272 e. The average Bonchev–Trinajstić information content (AvgIpc) is 2.97. The van der Waals surface area contributed by atoms with Crippen molar-refractivity contribution in [1.29, 1.82) is 0 Å². The van der Waals surface area contributed by atoms with Crippen molar-refractivity contribution in [2.45, 2.75) is 32.0 Å². The summed E-state index contributed by atoms with van der Waals surface area (Å²) in [7, 11) is 0. The van der Waals surface area contributed by atoms with Gasteiger partial charge in [0, 0.05) is 30.6 Å². The van der Waals surface area contributed by atoms with Gasteiger partial charge in [0.05, 0.1) is 18.0 Å². The molecular formula is C17H12F6N4O. The van der Waals surface area contributed by atoms with E-state index in [1.165, 1.54) is 6.92 Å². The second kappa shape index (κ2) is 5.82. The summed E-state index contributed by atoms with van der Waals surface area (Å²) in [4.78, 5) is 16.2. The van der Waals surface area contributed by atoms with Crippen molar-refractivity contribution in [3.05, 3.63) is 52.1 Å². The number of rotatable bonds is 3. The van der Waals surface area contributed by atoms with E-state index in [4.69, 9.17) is 0 Å². The molecule has 0 N–H and O–H groups in total. The van der Waals surface area contributed by atoms with Crippen LogP contribution in [0.2, 0.25) is 0 Å². The Hall–Kier alpha value is -2.85. The highest BCUT2D eigenvalue weighted by molar-refractivity contribution is 5.66. The van der Waals surface area contributed by atoms with Crippen molar-refractivity contribution in [3.8, 4) is 11.1 Å². The number of halogens is 6. The van der Waals surface area contributed by atoms with Gasteiger partial charge in [0.25, 0.3) is 11.5 Å². The van der Waals surface area contributed by atoms with Crippen LogP contribution >= 0.6 is 0 Å². The summed E-state index contributed by atoms with van der Waals surface area (Å²) in [5.74, 6) is -4.55. The van der Waals surface area contributed by atoms with Crippen molar-refractivity contribution in [2.75, 3.05) is 0 Å². The Labute approximate surface area is 153 Å². The van der Waals surface area contributed by atoms with Crippen LogP contribution in [-0.2, 0) is 12.7 Å². The molecule has 0 aromatic carbocycles. The first kappa shape index (κ1) is 18.5. The molecule has 1 fully saturated rings. The van der Waals surface area contributed by atoms with E-state index in [1.807, 2.05) is 0 Å². The van der Waals surface area contributed by atoms with Crippen LogP contribution in [-0.4, -0.2) is 25.1 Å². The monoisotopic (exact) mass is 402 g/mol. The Morgan fingerprint density at radius 3 is 2.57 bits per heavy atom. The van der Waals surface area contributed by atoms with Crippen LogP contribution in [0.5, 0.6) is 0 Å². The summed E-state index contributed by atoms with van der Waals surface area (Å²) >= 11 is 0. The molecule has 28 heavy (non-hydrogen) atoms. The van der Waals surface area contributed by atoms with Gasteiger partial charge in [-0.25, -0.2) is 18.2 Å². The molecule has 3 aromatic rings. The van der Waals surface area contributed by atoms with E-state index in [9.17, 15) is 31.1 Å². The lowest BCUT2D eigenvalue weighted by atomic mass is 10.1. The highest BCUT2D eigenvalue weighted by Crippen LogP contribution is 2.49. The fraction of sp³-hybridized carbons (Fsp3) is 0.353. The molecule has 1 unspecified atom stereocenters. The standard InChI is InChI=1S/C17H12F6N4O/c1-8-2-12-25-14(17(21,22)23)13(15(28)27(12)7-11(8)18)9-4-24-26(5-9)6-10-3-16(10,19)20/h2,4-5,7,10H,3,6H2,1H3. The molecular weight excluding hydrogens is 390 g/mol. The molecule has 0 bridgehead atoms. The van der Waals surface area contributed by atoms with Crippen LogP contribution in [0.1, 0.15) is 17.7 Å². The van der Waals surface area contributed by atoms with E-state index in [-0.39, 0.29) is 29.7 Å². The molecule has 5 nitrogen and oxygen atoms in total. The molecule has 1 aliphatic rings. The molecule has 3 heterocycles. The first-order chi connectivity index (χ1) is 13.0. The summed E-state index contributed by atoms with van der Waals surface area (Å²) < 4.78 is 82.3. The minimum Gasteiger partial charge on any atom is -0.272 e. The first-order valence-electron chi connectivity index (χ1n) is 8.18. The van der Waals surface area contributed by atoms with Crippen molar-refractivity contribution < 1.29 is 26.3 Å². The number of aromatic nitrogens is 4. The number of hydrogen-bond acceptors (Lipinski definition) is 3. The molecule has 1 atom stereocenters. The maximum absolute atomic E-state index is 13.8. The largest absolute Gasteiger partial charge is 0.434 e. The lowest BCUT2D eigenvalue weighted by Crippen LogP contribution is -2.24. The van der Waals surface area contributed by atoms with Gasteiger partial charge >= 0.3 is 6.18 Å². The van der Waals surface area contributed by atoms with Crippen molar-refractivity contribution in [1.82, 2.24) is 19.2 Å². The van der Waals surface area contributed by atoms with Gasteiger partial charge in [-0.2, -0.15) is 18.3 Å². The van der Waals surface area contributed by atoms with Crippen LogP contribution in [0.15, 0.2) is 29.5 Å². The molecule has 0 saturated heterocycles. The Kier molecular flexibility index (Phi) is 3.85. The van der Waals surface area contributed by atoms with Gasteiger partial charge in [-0.1, -0.05) is 0 Å². The zero-order valence-corrected chi connectivity index (χ0v) is 14.3. The van der Waals surface area contributed by atoms with Crippen molar-refractivity contribution >= 4 is 5.65 Å². The number of aryl methyl sites for hydroxylation is 1. The number of hydrogen-bond donors (Lipinski definition) is 0. The van der Waals surface area contributed by atoms with E-state index < -0.39 is 40.7 Å². The minimum atomic E-state index is -4.96. The molecule has 0 radical (unpaired) electrons. The van der Waals surface area contributed by atoms with Gasteiger partial charge in [0.15, 0.2) is 5.69 Å². The summed E-state index contributed by atoms with van der Waals surface area (Å²) in [6, 6.07) is 1.04. The summed E-state index contributed by atoms with van der Waals surface area (Å²) in [6.45, 7) is 1.14. The molecule has 3 aromatic heterocycles. The minimum absolute atomic E-state index is 0.0333. The Bertz CT molecular complexity index is 1150.